The van der Waals surface area contributed by atoms with Gasteiger partial charge in [-0.25, -0.2) is 0 Å². The number of amides is 1. The van der Waals surface area contributed by atoms with Crippen LogP contribution in [0.4, 0.5) is 0 Å². The zero-order valence-electron chi connectivity index (χ0n) is 9.32. The third-order valence-corrected chi connectivity index (χ3v) is 2.76. The van der Waals surface area contributed by atoms with Crippen molar-refractivity contribution in [2.24, 2.45) is 0 Å². The van der Waals surface area contributed by atoms with Gasteiger partial charge in [-0.15, -0.1) is 11.8 Å². The van der Waals surface area contributed by atoms with E-state index in [-0.39, 0.29) is 11.9 Å². The number of carbonyl (C=O) groups excluding carboxylic acids is 1. The lowest BCUT2D eigenvalue weighted by Crippen LogP contribution is -2.28. The summed E-state index contributed by atoms with van der Waals surface area (Å²) in [7, 11) is 0. The largest absolute Gasteiger partial charge is 0.464 e. The molecular formula is C11H14N2O2S. The van der Waals surface area contributed by atoms with Crippen molar-refractivity contribution in [3.63, 3.8) is 0 Å². The fourth-order valence-corrected chi connectivity index (χ4v) is 1.69. The van der Waals surface area contributed by atoms with E-state index in [1.807, 2.05) is 32.0 Å². The van der Waals surface area contributed by atoms with Crippen molar-refractivity contribution in [2.75, 3.05) is 11.5 Å². The molecule has 0 fully saturated rings. The number of carbonyl (C=O) groups is 1. The number of rotatable bonds is 5. The van der Waals surface area contributed by atoms with E-state index < -0.39 is 0 Å². The van der Waals surface area contributed by atoms with Gasteiger partial charge in [0, 0.05) is 0 Å². The number of nitriles is 1. The minimum Gasteiger partial charge on any atom is -0.464 e. The van der Waals surface area contributed by atoms with Gasteiger partial charge in [-0.1, -0.05) is 0 Å². The van der Waals surface area contributed by atoms with Crippen LogP contribution in [-0.2, 0) is 4.79 Å². The fourth-order valence-electron chi connectivity index (χ4n) is 1.23. The maximum atomic E-state index is 11.4. The summed E-state index contributed by atoms with van der Waals surface area (Å²) in [5, 5.41) is 11.1. The summed E-state index contributed by atoms with van der Waals surface area (Å²) < 4.78 is 5.40. The molecule has 5 heteroatoms. The molecule has 16 heavy (non-hydrogen) atoms. The second kappa shape index (κ2) is 6.23. The quantitative estimate of drug-likeness (QED) is 0.797. The molecule has 0 saturated heterocycles. The Kier molecular flexibility index (Phi) is 4.93. The molecule has 1 atom stereocenters. The maximum absolute atomic E-state index is 11.4. The lowest BCUT2D eigenvalue weighted by Gasteiger charge is -2.10. The van der Waals surface area contributed by atoms with Gasteiger partial charge in [0.05, 0.1) is 23.6 Å². The molecule has 0 radical (unpaired) electrons. The Hall–Kier alpha value is -1.41. The van der Waals surface area contributed by atoms with E-state index in [4.69, 9.17) is 9.68 Å². The highest BCUT2D eigenvalue weighted by molar-refractivity contribution is 8.00. The number of hydrogen-bond donors (Lipinski definition) is 1. The van der Waals surface area contributed by atoms with Gasteiger partial charge >= 0.3 is 0 Å². The first-order chi connectivity index (χ1) is 7.63. The zero-order valence-corrected chi connectivity index (χ0v) is 10.1. The Balaban J connectivity index is 2.37. The van der Waals surface area contributed by atoms with Crippen LogP contribution in [0.1, 0.15) is 24.5 Å². The van der Waals surface area contributed by atoms with Crippen molar-refractivity contribution >= 4 is 17.7 Å². The molecule has 0 aromatic carbocycles. The number of thioether (sulfide) groups is 1. The topological polar surface area (TPSA) is 66.0 Å². The number of nitrogens with zero attached hydrogens (tertiary/aromatic N) is 1. The molecule has 0 aliphatic rings. The molecule has 1 rings (SSSR count). The molecule has 4 nitrogen and oxygen atoms in total. The van der Waals surface area contributed by atoms with E-state index in [1.165, 1.54) is 11.8 Å². The summed E-state index contributed by atoms with van der Waals surface area (Å²) in [5.41, 5.74) is 0. The summed E-state index contributed by atoms with van der Waals surface area (Å²) in [6, 6.07) is 5.55. The average molecular weight is 238 g/mol. The van der Waals surface area contributed by atoms with Crippen molar-refractivity contribution in [3.8, 4) is 6.07 Å². The van der Waals surface area contributed by atoms with Crippen LogP contribution >= 0.6 is 11.8 Å². The van der Waals surface area contributed by atoms with E-state index in [9.17, 15) is 4.79 Å². The highest BCUT2D eigenvalue weighted by Gasteiger charge is 2.12. The Labute approximate surface area is 99.0 Å². The molecular weight excluding hydrogens is 224 g/mol. The molecule has 0 aliphatic carbocycles. The van der Waals surface area contributed by atoms with Crippen molar-refractivity contribution in [3.05, 3.63) is 23.7 Å². The molecule has 1 N–H and O–H groups in total. The van der Waals surface area contributed by atoms with Gasteiger partial charge < -0.3 is 9.73 Å². The Morgan fingerprint density at radius 1 is 1.69 bits per heavy atom. The Morgan fingerprint density at radius 2 is 2.44 bits per heavy atom. The van der Waals surface area contributed by atoms with Gasteiger partial charge in [0.25, 0.3) is 0 Å². The summed E-state index contributed by atoms with van der Waals surface area (Å²) in [6.45, 7) is 3.73. The van der Waals surface area contributed by atoms with Gasteiger partial charge in [0.1, 0.15) is 11.5 Å². The van der Waals surface area contributed by atoms with Gasteiger partial charge in [-0.05, 0) is 26.0 Å². The SMILES string of the molecule is Cc1ccc(C(C)NC(=O)CSCC#N)o1. The second-order valence-electron chi connectivity index (χ2n) is 3.39. The molecule has 1 unspecified atom stereocenters. The smallest absolute Gasteiger partial charge is 0.230 e. The van der Waals surface area contributed by atoms with Crippen LogP contribution in [0.2, 0.25) is 0 Å². The van der Waals surface area contributed by atoms with E-state index in [2.05, 4.69) is 5.32 Å². The predicted octanol–water partition coefficient (Wildman–Crippen LogP) is 2.02. The minimum absolute atomic E-state index is 0.0817. The van der Waals surface area contributed by atoms with E-state index >= 15 is 0 Å². The third-order valence-electron chi connectivity index (χ3n) is 1.97. The third kappa shape index (κ3) is 3.99. The minimum atomic E-state index is -0.135. The second-order valence-corrected chi connectivity index (χ2v) is 4.37. The van der Waals surface area contributed by atoms with Crippen LogP contribution in [0.3, 0.4) is 0 Å². The van der Waals surface area contributed by atoms with Crippen molar-refractivity contribution in [1.29, 1.82) is 5.26 Å². The highest BCUT2D eigenvalue weighted by Crippen LogP contribution is 2.15. The zero-order chi connectivity index (χ0) is 12.0. The Morgan fingerprint density at radius 3 is 3.00 bits per heavy atom. The van der Waals surface area contributed by atoms with Gasteiger partial charge in [0.2, 0.25) is 5.91 Å². The molecule has 0 aliphatic heterocycles. The molecule has 86 valence electrons. The predicted molar refractivity (Wildman–Crippen MR) is 62.9 cm³/mol. The van der Waals surface area contributed by atoms with Crippen LogP contribution in [0.25, 0.3) is 0 Å². The molecule has 0 bridgehead atoms. The lowest BCUT2D eigenvalue weighted by atomic mass is 10.2. The maximum Gasteiger partial charge on any atom is 0.230 e. The lowest BCUT2D eigenvalue weighted by molar-refractivity contribution is -0.119. The van der Waals surface area contributed by atoms with Crippen LogP contribution < -0.4 is 5.32 Å². The van der Waals surface area contributed by atoms with Crippen LogP contribution in [0.15, 0.2) is 16.5 Å². The van der Waals surface area contributed by atoms with Crippen molar-refractivity contribution in [1.82, 2.24) is 5.32 Å². The summed E-state index contributed by atoms with van der Waals surface area (Å²) in [6.07, 6.45) is 0. The summed E-state index contributed by atoms with van der Waals surface area (Å²) in [4.78, 5) is 11.4. The fraction of sp³-hybridized carbons (Fsp3) is 0.455. The van der Waals surface area contributed by atoms with Crippen LogP contribution in [0, 0.1) is 18.3 Å². The molecule has 1 aromatic rings. The Bertz CT molecular complexity index is 395. The first kappa shape index (κ1) is 12.7. The van der Waals surface area contributed by atoms with Crippen molar-refractivity contribution < 1.29 is 9.21 Å². The van der Waals surface area contributed by atoms with Crippen LogP contribution in [-0.4, -0.2) is 17.4 Å². The van der Waals surface area contributed by atoms with Gasteiger partial charge in [-0.2, -0.15) is 5.26 Å². The first-order valence-corrected chi connectivity index (χ1v) is 6.09. The van der Waals surface area contributed by atoms with E-state index in [0.717, 1.165) is 11.5 Å². The standard InChI is InChI=1S/C11H14N2O2S/c1-8-3-4-10(15-8)9(2)13-11(14)7-16-6-5-12/h3-4,9H,6-7H2,1-2H3,(H,13,14). The average Bonchev–Trinajstić information content (AvgIpc) is 2.65. The van der Waals surface area contributed by atoms with Crippen LogP contribution in [0.5, 0.6) is 0 Å². The molecule has 0 spiro atoms. The van der Waals surface area contributed by atoms with E-state index in [1.54, 1.807) is 0 Å². The number of hydrogen-bond acceptors (Lipinski definition) is 4. The highest BCUT2D eigenvalue weighted by atomic mass is 32.2. The number of aryl methyl sites for hydroxylation is 1. The van der Waals surface area contributed by atoms with Gasteiger partial charge in [-0.3, -0.25) is 4.79 Å². The number of nitrogens with one attached hydrogen (secondary N) is 1. The molecule has 1 amide bonds. The van der Waals surface area contributed by atoms with Gasteiger partial charge in [0.15, 0.2) is 0 Å². The monoisotopic (exact) mass is 238 g/mol. The molecule has 1 aromatic heterocycles. The normalized spacial score (nSPS) is 11.8. The van der Waals surface area contributed by atoms with E-state index in [0.29, 0.717) is 11.5 Å². The first-order valence-electron chi connectivity index (χ1n) is 4.94. The van der Waals surface area contributed by atoms with Crippen molar-refractivity contribution in [2.45, 2.75) is 19.9 Å². The summed E-state index contributed by atoms with van der Waals surface area (Å²) in [5.74, 6) is 2.13. The summed E-state index contributed by atoms with van der Waals surface area (Å²) >= 11 is 1.30. The number of furan rings is 1. The molecule has 1 heterocycles. The molecule has 0 saturated carbocycles.